The molecule has 0 saturated heterocycles. The second kappa shape index (κ2) is 6.67. The van der Waals surface area contributed by atoms with E-state index in [4.69, 9.17) is 4.74 Å². The van der Waals surface area contributed by atoms with Crippen molar-refractivity contribution in [2.45, 2.75) is 70.8 Å². The van der Waals surface area contributed by atoms with Gasteiger partial charge in [-0.15, -0.1) is 0 Å². The van der Waals surface area contributed by atoms with Crippen molar-refractivity contribution in [2.24, 2.45) is 0 Å². The molecule has 5 heteroatoms. The maximum atomic E-state index is 9.90. The Morgan fingerprint density at radius 3 is 1.88 bits per heavy atom. The lowest BCUT2D eigenvalue weighted by Gasteiger charge is -2.37. The van der Waals surface area contributed by atoms with E-state index in [0.717, 1.165) is 38.5 Å². The zero-order valence-electron chi connectivity index (χ0n) is 9.77. The lowest BCUT2D eigenvalue weighted by Crippen LogP contribution is -2.43. The van der Waals surface area contributed by atoms with Crippen LogP contribution >= 0.6 is 45.2 Å². The van der Waals surface area contributed by atoms with Gasteiger partial charge in [0, 0.05) is 7.85 Å². The fourth-order valence-electron chi connectivity index (χ4n) is 2.67. The third-order valence-electron chi connectivity index (χ3n) is 3.75. The first kappa shape index (κ1) is 14.7. The Hall–Kier alpha value is 1.34. The highest BCUT2D eigenvalue weighted by molar-refractivity contribution is 14.1. The fraction of sp³-hybridized carbons (Fsp3) is 1.00. The molecule has 2 saturated carbocycles. The van der Waals surface area contributed by atoms with Crippen LogP contribution in [0.1, 0.15) is 38.5 Å². The van der Waals surface area contributed by atoms with Gasteiger partial charge in [0.05, 0.1) is 24.4 Å². The summed E-state index contributed by atoms with van der Waals surface area (Å²) < 4.78 is 6.75. The van der Waals surface area contributed by atoms with Crippen LogP contribution in [-0.4, -0.2) is 42.5 Å². The summed E-state index contributed by atoms with van der Waals surface area (Å²) >= 11 is 4.67. The first-order valence-electron chi connectivity index (χ1n) is 6.36. The average molecular weight is 466 g/mol. The minimum absolute atomic E-state index is 0.113. The molecule has 2 unspecified atom stereocenters. The number of aliphatic hydroxyl groups excluding tert-OH is 2. The monoisotopic (exact) mass is 466 g/mol. The van der Waals surface area contributed by atoms with Crippen molar-refractivity contribution in [3.8, 4) is 0 Å². The summed E-state index contributed by atoms with van der Waals surface area (Å²) in [4.78, 5) is 0. The van der Waals surface area contributed by atoms with Crippen molar-refractivity contribution in [3.05, 3.63) is 0 Å². The summed E-state index contributed by atoms with van der Waals surface area (Å²) in [6.45, 7) is 0. The molecule has 2 aliphatic rings. The molecule has 0 aromatic rings. The minimum Gasteiger partial charge on any atom is -0.393 e. The Labute approximate surface area is 130 Å². The summed E-state index contributed by atoms with van der Waals surface area (Å²) in [6, 6.07) is 0. The first-order valence-corrected chi connectivity index (χ1v) is 8.85. The van der Waals surface area contributed by atoms with E-state index in [1.807, 2.05) is 0 Å². The third-order valence-corrected chi connectivity index (χ3v) is 6.24. The third kappa shape index (κ3) is 4.15. The van der Waals surface area contributed by atoms with E-state index in [-0.39, 0.29) is 12.2 Å². The van der Waals surface area contributed by atoms with Crippen molar-refractivity contribution in [1.29, 1.82) is 0 Å². The van der Waals surface area contributed by atoms with Crippen LogP contribution in [0.2, 0.25) is 0 Å². The van der Waals surface area contributed by atoms with Gasteiger partial charge in [0.15, 0.2) is 0 Å². The number of ether oxygens (including phenoxy) is 1. The van der Waals surface area contributed by atoms with Crippen LogP contribution < -0.4 is 0 Å². The summed E-state index contributed by atoms with van der Waals surface area (Å²) in [5.41, 5.74) is 0. The molecule has 0 aliphatic heterocycles. The Morgan fingerprint density at radius 1 is 0.824 bits per heavy atom. The van der Waals surface area contributed by atoms with E-state index < -0.39 is 0 Å². The quantitative estimate of drug-likeness (QED) is 0.486. The molecular formula is C12H20I2O3. The van der Waals surface area contributed by atoms with Crippen molar-refractivity contribution < 1.29 is 14.9 Å². The molecule has 2 N–H and O–H groups in total. The summed E-state index contributed by atoms with van der Waals surface area (Å²) in [5, 5.41) is 19.4. The van der Waals surface area contributed by atoms with Gasteiger partial charge >= 0.3 is 0 Å². The maximum Gasteiger partial charge on any atom is 0.0777 e. The van der Waals surface area contributed by atoms with Gasteiger partial charge in [0.1, 0.15) is 0 Å². The highest BCUT2D eigenvalue weighted by Gasteiger charge is 2.35. The van der Waals surface area contributed by atoms with E-state index >= 15 is 0 Å². The normalized spacial score (nSPS) is 48.0. The van der Waals surface area contributed by atoms with E-state index in [1.54, 1.807) is 0 Å². The van der Waals surface area contributed by atoms with E-state index in [0.29, 0.717) is 20.1 Å². The predicted octanol–water partition coefficient (Wildman–Crippen LogP) is 2.44. The second-order valence-corrected chi connectivity index (χ2v) is 8.38. The largest absolute Gasteiger partial charge is 0.393 e. The summed E-state index contributed by atoms with van der Waals surface area (Å²) in [5.74, 6) is 0. The van der Waals surface area contributed by atoms with Gasteiger partial charge in [0.25, 0.3) is 0 Å². The van der Waals surface area contributed by atoms with Crippen LogP contribution in [-0.2, 0) is 4.74 Å². The molecule has 2 fully saturated rings. The Kier molecular flexibility index (Phi) is 5.79. The highest BCUT2D eigenvalue weighted by atomic mass is 127. The molecule has 2 atom stereocenters. The zero-order chi connectivity index (χ0) is 12.4. The van der Waals surface area contributed by atoms with Crippen LogP contribution in [0.25, 0.3) is 0 Å². The van der Waals surface area contributed by atoms with Crippen molar-refractivity contribution in [3.63, 3.8) is 0 Å². The van der Waals surface area contributed by atoms with Crippen LogP contribution in [0.5, 0.6) is 0 Å². The summed E-state index contributed by atoms with van der Waals surface area (Å²) in [7, 11) is 0. The average Bonchev–Trinajstić information content (AvgIpc) is 2.29. The van der Waals surface area contributed by atoms with Crippen LogP contribution in [0.15, 0.2) is 0 Å². The maximum absolute atomic E-state index is 9.90. The molecule has 0 radical (unpaired) electrons. The standard InChI is InChI=1S/C12H20I2O3/c13-10-5-9(6-11(14)12(10)16)17-8-3-1-7(15)2-4-8/h7-12,15-16H,1-6H2. The molecule has 2 rings (SSSR count). The predicted molar refractivity (Wildman–Crippen MR) is 84.0 cm³/mol. The van der Waals surface area contributed by atoms with Crippen molar-refractivity contribution >= 4 is 45.2 Å². The molecule has 0 aromatic heterocycles. The van der Waals surface area contributed by atoms with Crippen LogP contribution in [0, 0.1) is 0 Å². The van der Waals surface area contributed by atoms with E-state index in [9.17, 15) is 10.2 Å². The van der Waals surface area contributed by atoms with Gasteiger partial charge in [-0.3, -0.25) is 0 Å². The topological polar surface area (TPSA) is 49.7 Å². The molecular weight excluding hydrogens is 446 g/mol. The fourth-order valence-corrected chi connectivity index (χ4v) is 5.60. The molecule has 0 aromatic carbocycles. The number of halogens is 2. The minimum atomic E-state index is -0.191. The Balaban J connectivity index is 1.79. The Bertz CT molecular complexity index is 232. The second-order valence-electron chi connectivity index (χ2n) is 5.18. The smallest absolute Gasteiger partial charge is 0.0777 e. The van der Waals surface area contributed by atoms with Crippen molar-refractivity contribution in [2.75, 3.05) is 0 Å². The van der Waals surface area contributed by atoms with E-state index in [1.165, 1.54) is 0 Å². The zero-order valence-corrected chi connectivity index (χ0v) is 14.1. The van der Waals surface area contributed by atoms with Crippen molar-refractivity contribution in [1.82, 2.24) is 0 Å². The number of aliphatic hydroxyl groups is 2. The molecule has 0 spiro atoms. The van der Waals surface area contributed by atoms with Gasteiger partial charge in [-0.2, -0.15) is 0 Å². The molecule has 100 valence electrons. The van der Waals surface area contributed by atoms with E-state index in [2.05, 4.69) is 45.2 Å². The molecule has 2 aliphatic carbocycles. The van der Waals surface area contributed by atoms with Gasteiger partial charge in [-0.05, 0) is 38.5 Å². The SMILES string of the molecule is OC1CCC(OC2CC(I)C(O)C(I)C2)CC1. The van der Waals surface area contributed by atoms with Gasteiger partial charge in [-0.1, -0.05) is 45.2 Å². The van der Waals surface area contributed by atoms with Gasteiger partial charge in [0.2, 0.25) is 0 Å². The number of rotatable bonds is 2. The highest BCUT2D eigenvalue weighted by Crippen LogP contribution is 2.34. The molecule has 3 nitrogen and oxygen atoms in total. The lowest BCUT2D eigenvalue weighted by molar-refractivity contribution is -0.0666. The Morgan fingerprint density at radius 2 is 1.35 bits per heavy atom. The van der Waals surface area contributed by atoms with Gasteiger partial charge in [-0.25, -0.2) is 0 Å². The molecule has 17 heavy (non-hydrogen) atoms. The lowest BCUT2D eigenvalue weighted by atomic mass is 9.92. The number of hydrogen-bond donors (Lipinski definition) is 2. The van der Waals surface area contributed by atoms with Crippen LogP contribution in [0.4, 0.5) is 0 Å². The first-order chi connectivity index (χ1) is 8.06. The van der Waals surface area contributed by atoms with Gasteiger partial charge < -0.3 is 14.9 Å². The molecule has 0 bridgehead atoms. The number of alkyl halides is 2. The summed E-state index contributed by atoms with van der Waals surface area (Å²) in [6.07, 6.45) is 5.95. The van der Waals surface area contributed by atoms with Crippen LogP contribution in [0.3, 0.4) is 0 Å². The molecule has 0 amide bonds. The molecule has 0 heterocycles. The number of hydrogen-bond acceptors (Lipinski definition) is 3.